The third-order valence-corrected chi connectivity index (χ3v) is 6.95. The first-order valence-corrected chi connectivity index (χ1v) is 17.0. The Morgan fingerprint density at radius 1 is 0.974 bits per heavy atom. The maximum atomic E-state index is 13.1. The summed E-state index contributed by atoms with van der Waals surface area (Å²) in [4.78, 5) is 26.9. The smallest absolute Gasteiger partial charge is 0.410 e. The van der Waals surface area contributed by atoms with Crippen molar-refractivity contribution in [3.63, 3.8) is 0 Å². The molecule has 0 bridgehead atoms. The maximum Gasteiger partial charge on any atom is 0.410 e. The molecule has 7 heteroatoms. The number of esters is 1. The number of hydrogen-bond acceptors (Lipinski definition) is 5. The van der Waals surface area contributed by atoms with Crippen LogP contribution in [0.2, 0.25) is 13.1 Å². The van der Waals surface area contributed by atoms with Crippen molar-refractivity contribution in [1.82, 2.24) is 4.90 Å². The van der Waals surface area contributed by atoms with Gasteiger partial charge in [-0.25, -0.2) is 4.79 Å². The summed E-state index contributed by atoms with van der Waals surface area (Å²) in [5, 5.41) is 0. The second-order valence-electron chi connectivity index (χ2n) is 12.5. The summed E-state index contributed by atoms with van der Waals surface area (Å²) < 4.78 is 17.4. The fourth-order valence-electron chi connectivity index (χ4n) is 3.88. The van der Waals surface area contributed by atoms with Crippen molar-refractivity contribution in [2.45, 2.75) is 124 Å². The quantitative estimate of drug-likeness (QED) is 0.0976. The molecule has 0 aliphatic heterocycles. The van der Waals surface area contributed by atoms with Crippen LogP contribution in [0.3, 0.4) is 0 Å². The summed E-state index contributed by atoms with van der Waals surface area (Å²) in [7, 11) is -1.28. The molecule has 6 nitrogen and oxygen atoms in total. The lowest BCUT2D eigenvalue weighted by Gasteiger charge is -2.39. The fraction of sp³-hybridized carbons (Fsp3) is 0.677. The minimum absolute atomic E-state index is 0.0385. The van der Waals surface area contributed by atoms with Crippen molar-refractivity contribution in [3.05, 3.63) is 48.0 Å². The van der Waals surface area contributed by atoms with Gasteiger partial charge < -0.3 is 18.8 Å². The summed E-state index contributed by atoms with van der Waals surface area (Å²) in [6, 6.07) is 9.77. The number of nitrogens with zero attached hydrogens (tertiary/aromatic N) is 1. The molecule has 1 amide bonds. The standard InChI is InChI=1S/C31H53NO5Si/c1-25(32(29(34)36-31(5,6)7)23-27(30(2,3)4)37-38(8)9)19-15-12-10-11-13-18-22-28(33)35-24-26-20-16-14-17-21-26/h10-11,14,16-17,20-21,25,27,38H,12-13,15,18-19,22-24H2,1-9H3/t25-,27?/m0/s1. The monoisotopic (exact) mass is 547 g/mol. The van der Waals surface area contributed by atoms with Gasteiger partial charge in [0.25, 0.3) is 0 Å². The number of hydrogen-bond donors (Lipinski definition) is 0. The van der Waals surface area contributed by atoms with E-state index < -0.39 is 14.6 Å². The number of unbranched alkanes of at least 4 members (excludes halogenated alkanes) is 2. The maximum absolute atomic E-state index is 13.1. The van der Waals surface area contributed by atoms with Crippen LogP contribution >= 0.6 is 0 Å². The van der Waals surface area contributed by atoms with E-state index in [2.05, 4.69) is 52.9 Å². The summed E-state index contributed by atoms with van der Waals surface area (Å²) in [5.74, 6) is -0.156. The van der Waals surface area contributed by atoms with Gasteiger partial charge in [0.1, 0.15) is 12.2 Å². The van der Waals surface area contributed by atoms with E-state index in [0.29, 0.717) is 19.6 Å². The molecule has 0 spiro atoms. The van der Waals surface area contributed by atoms with E-state index in [1.807, 2.05) is 56.0 Å². The molecule has 1 aromatic carbocycles. The SMILES string of the molecule is C[C@@H](CCCC=CCCCC(=O)OCc1ccccc1)N(CC(O[SiH](C)C)C(C)(C)C)C(=O)OC(C)(C)C. The zero-order valence-electron chi connectivity index (χ0n) is 25.4. The van der Waals surface area contributed by atoms with Gasteiger partial charge in [-0.1, -0.05) is 63.3 Å². The van der Waals surface area contributed by atoms with E-state index in [9.17, 15) is 9.59 Å². The van der Waals surface area contributed by atoms with Crippen LogP contribution in [0.25, 0.3) is 0 Å². The summed E-state index contributed by atoms with van der Waals surface area (Å²) >= 11 is 0. The lowest BCUT2D eigenvalue weighted by Crippen LogP contribution is -2.50. The Morgan fingerprint density at radius 3 is 2.13 bits per heavy atom. The average molecular weight is 548 g/mol. The van der Waals surface area contributed by atoms with Crippen molar-refractivity contribution in [2.24, 2.45) is 5.41 Å². The fourth-order valence-corrected chi connectivity index (χ4v) is 5.03. The van der Waals surface area contributed by atoms with Crippen LogP contribution in [0, 0.1) is 5.41 Å². The Kier molecular flexibility index (Phi) is 14.9. The van der Waals surface area contributed by atoms with Gasteiger partial charge >= 0.3 is 12.1 Å². The second kappa shape index (κ2) is 16.8. The highest BCUT2D eigenvalue weighted by Crippen LogP contribution is 2.26. The van der Waals surface area contributed by atoms with Crippen molar-refractivity contribution in [3.8, 4) is 0 Å². The Hall–Kier alpha value is -2.12. The third-order valence-electron chi connectivity index (χ3n) is 6.08. The van der Waals surface area contributed by atoms with E-state index in [-0.39, 0.29) is 29.6 Å². The zero-order chi connectivity index (χ0) is 28.8. The van der Waals surface area contributed by atoms with Crippen LogP contribution in [0.1, 0.15) is 92.6 Å². The number of ether oxygens (including phenoxy) is 2. The molecule has 0 aliphatic rings. The Bertz CT molecular complexity index is 842. The van der Waals surface area contributed by atoms with E-state index in [1.165, 1.54) is 0 Å². The van der Waals surface area contributed by atoms with Gasteiger partial charge in [0.05, 0.1) is 6.10 Å². The van der Waals surface area contributed by atoms with Gasteiger partial charge in [0.2, 0.25) is 0 Å². The normalized spacial score (nSPS) is 13.9. The zero-order valence-corrected chi connectivity index (χ0v) is 26.6. The predicted octanol–water partition coefficient (Wildman–Crippen LogP) is 7.67. The number of benzene rings is 1. The van der Waals surface area contributed by atoms with Crippen molar-refractivity contribution >= 4 is 21.1 Å². The molecule has 1 aromatic rings. The molecule has 1 unspecified atom stereocenters. The van der Waals surface area contributed by atoms with Crippen LogP contribution in [0.4, 0.5) is 4.79 Å². The van der Waals surface area contributed by atoms with E-state index in [0.717, 1.165) is 37.7 Å². The Balaban J connectivity index is 2.50. The molecular formula is C31H53NO5Si. The first-order chi connectivity index (χ1) is 17.7. The summed E-state index contributed by atoms with van der Waals surface area (Å²) in [6.45, 7) is 19.5. The van der Waals surface area contributed by atoms with Crippen LogP contribution in [-0.4, -0.2) is 50.3 Å². The number of carbonyl (C=O) groups excluding carboxylic acids is 2. The van der Waals surface area contributed by atoms with Crippen LogP contribution < -0.4 is 0 Å². The van der Waals surface area contributed by atoms with Gasteiger partial charge in [-0.05, 0) is 83.9 Å². The molecule has 2 atom stereocenters. The molecule has 0 radical (unpaired) electrons. The molecule has 0 aromatic heterocycles. The van der Waals surface area contributed by atoms with Crippen molar-refractivity contribution in [1.29, 1.82) is 0 Å². The Morgan fingerprint density at radius 2 is 1.58 bits per heavy atom. The highest BCUT2D eigenvalue weighted by atomic mass is 28.3. The molecule has 216 valence electrons. The number of carbonyl (C=O) groups is 2. The van der Waals surface area contributed by atoms with E-state index >= 15 is 0 Å². The van der Waals surface area contributed by atoms with Gasteiger partial charge in [-0.3, -0.25) is 4.79 Å². The van der Waals surface area contributed by atoms with Crippen LogP contribution in [-0.2, 0) is 25.3 Å². The van der Waals surface area contributed by atoms with Gasteiger partial charge in [-0.15, -0.1) is 0 Å². The lowest BCUT2D eigenvalue weighted by atomic mass is 9.88. The molecule has 0 saturated heterocycles. The highest BCUT2D eigenvalue weighted by Gasteiger charge is 2.33. The van der Waals surface area contributed by atoms with Crippen molar-refractivity contribution < 1.29 is 23.5 Å². The number of rotatable bonds is 15. The molecule has 0 fully saturated rings. The topological polar surface area (TPSA) is 65.1 Å². The molecule has 0 heterocycles. The lowest BCUT2D eigenvalue weighted by molar-refractivity contribution is -0.145. The minimum atomic E-state index is -1.28. The second-order valence-corrected chi connectivity index (χ2v) is 14.8. The highest BCUT2D eigenvalue weighted by molar-refractivity contribution is 6.48. The van der Waals surface area contributed by atoms with E-state index in [1.54, 1.807) is 0 Å². The van der Waals surface area contributed by atoms with Crippen LogP contribution in [0.5, 0.6) is 0 Å². The predicted molar refractivity (Wildman–Crippen MR) is 159 cm³/mol. The molecule has 38 heavy (non-hydrogen) atoms. The Labute approximate surface area is 233 Å². The number of amides is 1. The van der Waals surface area contributed by atoms with Gasteiger partial charge in [0.15, 0.2) is 9.04 Å². The molecule has 1 rings (SSSR count). The third kappa shape index (κ3) is 15.3. The summed E-state index contributed by atoms with van der Waals surface area (Å²) in [6.07, 6.45) is 8.83. The van der Waals surface area contributed by atoms with Crippen LogP contribution in [0.15, 0.2) is 42.5 Å². The van der Waals surface area contributed by atoms with Gasteiger partial charge in [0, 0.05) is 19.0 Å². The van der Waals surface area contributed by atoms with E-state index in [4.69, 9.17) is 13.9 Å². The average Bonchev–Trinajstić information content (AvgIpc) is 2.80. The molecule has 0 N–H and O–H groups in total. The largest absolute Gasteiger partial charge is 0.461 e. The molecule has 0 saturated carbocycles. The summed E-state index contributed by atoms with van der Waals surface area (Å²) in [5.41, 5.74) is 0.383. The first-order valence-electron chi connectivity index (χ1n) is 14.2. The molecule has 0 aliphatic carbocycles. The van der Waals surface area contributed by atoms with Gasteiger partial charge in [-0.2, -0.15) is 0 Å². The number of allylic oxidation sites excluding steroid dienone is 2. The minimum Gasteiger partial charge on any atom is -0.461 e. The first kappa shape index (κ1) is 33.9. The molecular weight excluding hydrogens is 494 g/mol. The van der Waals surface area contributed by atoms with Crippen molar-refractivity contribution in [2.75, 3.05) is 6.54 Å².